The monoisotopic (exact) mass is 219 g/mol. The van der Waals surface area contributed by atoms with Gasteiger partial charge in [0.2, 0.25) is 0 Å². The molecule has 0 aliphatic rings. The van der Waals surface area contributed by atoms with Crippen molar-refractivity contribution in [2.24, 2.45) is 12.8 Å². The third-order valence-corrected chi connectivity index (χ3v) is 2.00. The van der Waals surface area contributed by atoms with Crippen molar-refractivity contribution in [3.8, 4) is 6.01 Å². The van der Waals surface area contributed by atoms with E-state index in [1.807, 2.05) is 18.2 Å². The average Bonchev–Trinajstić information content (AvgIpc) is 2.73. The fraction of sp³-hybridized carbons (Fsp3) is 0.300. The van der Waals surface area contributed by atoms with E-state index < -0.39 is 0 Å². The van der Waals surface area contributed by atoms with Crippen molar-refractivity contribution in [3.63, 3.8) is 0 Å². The van der Waals surface area contributed by atoms with Crippen LogP contribution in [0, 0.1) is 0 Å². The maximum Gasteiger partial charge on any atom is 0.335 e. The van der Waals surface area contributed by atoms with Crippen LogP contribution in [-0.2, 0) is 20.2 Å². The number of aryl methyl sites for hydroxylation is 1. The number of hydrogen-bond acceptors (Lipinski definition) is 5. The van der Waals surface area contributed by atoms with Crippen LogP contribution in [0.15, 0.2) is 24.5 Å². The quantitative estimate of drug-likeness (QED) is 0.797. The lowest BCUT2D eigenvalue weighted by Gasteiger charge is -2.02. The summed E-state index contributed by atoms with van der Waals surface area (Å²) in [5.74, 6) is 0. The average molecular weight is 219 g/mol. The molecule has 0 fully saturated rings. The predicted molar refractivity (Wildman–Crippen MR) is 57.5 cm³/mol. The van der Waals surface area contributed by atoms with Crippen molar-refractivity contribution in [3.05, 3.63) is 35.9 Å². The Morgan fingerprint density at radius 1 is 1.38 bits per heavy atom. The van der Waals surface area contributed by atoms with Crippen LogP contribution in [0.25, 0.3) is 0 Å². The van der Waals surface area contributed by atoms with E-state index in [1.165, 1.54) is 0 Å². The van der Waals surface area contributed by atoms with Crippen molar-refractivity contribution in [1.82, 2.24) is 19.7 Å². The van der Waals surface area contributed by atoms with Gasteiger partial charge in [-0.2, -0.15) is 4.98 Å². The van der Waals surface area contributed by atoms with Gasteiger partial charge in [-0.05, 0) is 12.1 Å². The lowest BCUT2D eigenvalue weighted by molar-refractivity contribution is 0.275. The van der Waals surface area contributed by atoms with Crippen LogP contribution in [0.1, 0.15) is 11.4 Å². The molecule has 6 heteroatoms. The minimum atomic E-state index is 0.345. The molecule has 2 aromatic heterocycles. The number of rotatable bonds is 4. The summed E-state index contributed by atoms with van der Waals surface area (Å²) in [5, 5.41) is 4.00. The Morgan fingerprint density at radius 3 is 2.88 bits per heavy atom. The van der Waals surface area contributed by atoms with Crippen LogP contribution in [0.5, 0.6) is 6.01 Å². The van der Waals surface area contributed by atoms with Crippen molar-refractivity contribution >= 4 is 0 Å². The van der Waals surface area contributed by atoms with Gasteiger partial charge in [0.1, 0.15) is 12.9 Å². The topological polar surface area (TPSA) is 78.9 Å². The first-order valence-electron chi connectivity index (χ1n) is 4.91. The second-order valence-electron chi connectivity index (χ2n) is 3.31. The summed E-state index contributed by atoms with van der Waals surface area (Å²) in [6, 6.07) is 6.01. The normalized spacial score (nSPS) is 10.4. The third kappa shape index (κ3) is 2.54. The summed E-state index contributed by atoms with van der Waals surface area (Å²) >= 11 is 0. The number of pyridine rings is 1. The van der Waals surface area contributed by atoms with Crippen molar-refractivity contribution in [2.45, 2.75) is 13.2 Å². The molecule has 0 bridgehead atoms. The Labute approximate surface area is 93.1 Å². The molecule has 2 aromatic rings. The van der Waals surface area contributed by atoms with Gasteiger partial charge in [-0.15, -0.1) is 5.10 Å². The molecular formula is C10H13N5O. The first-order chi connectivity index (χ1) is 7.78. The van der Waals surface area contributed by atoms with Gasteiger partial charge in [0.15, 0.2) is 0 Å². The molecule has 2 rings (SSSR count). The highest BCUT2D eigenvalue weighted by atomic mass is 16.5. The summed E-state index contributed by atoms with van der Waals surface area (Å²) in [6.45, 7) is 0.771. The van der Waals surface area contributed by atoms with E-state index in [4.69, 9.17) is 10.5 Å². The number of hydrogen-bond donors (Lipinski definition) is 1. The van der Waals surface area contributed by atoms with E-state index in [1.54, 1.807) is 18.1 Å². The molecular weight excluding hydrogens is 206 g/mol. The molecule has 0 aliphatic carbocycles. The van der Waals surface area contributed by atoms with E-state index >= 15 is 0 Å². The Balaban J connectivity index is 1.99. The lowest BCUT2D eigenvalue weighted by Crippen LogP contribution is -2.04. The fourth-order valence-corrected chi connectivity index (χ4v) is 1.25. The van der Waals surface area contributed by atoms with Gasteiger partial charge in [-0.1, -0.05) is 6.07 Å². The smallest absolute Gasteiger partial charge is 0.335 e. The Bertz CT molecular complexity index is 468. The molecule has 0 amide bonds. The second kappa shape index (κ2) is 4.71. The van der Waals surface area contributed by atoms with E-state index in [0.717, 1.165) is 11.4 Å². The SMILES string of the molecule is Cn1cnc(OCc2cccc(CN)n2)n1. The maximum absolute atomic E-state index is 5.50. The lowest BCUT2D eigenvalue weighted by atomic mass is 10.3. The van der Waals surface area contributed by atoms with Gasteiger partial charge in [-0.3, -0.25) is 9.67 Å². The van der Waals surface area contributed by atoms with Crippen molar-refractivity contribution < 1.29 is 4.74 Å². The van der Waals surface area contributed by atoms with Gasteiger partial charge in [0, 0.05) is 13.6 Å². The molecule has 0 spiro atoms. The zero-order chi connectivity index (χ0) is 11.4. The highest BCUT2D eigenvalue weighted by molar-refractivity contribution is 5.10. The van der Waals surface area contributed by atoms with Crippen LogP contribution in [-0.4, -0.2) is 19.7 Å². The molecule has 16 heavy (non-hydrogen) atoms. The molecule has 84 valence electrons. The molecule has 0 saturated heterocycles. The number of nitrogens with two attached hydrogens (primary N) is 1. The minimum Gasteiger partial charge on any atom is -0.456 e. The molecule has 6 nitrogen and oxygen atoms in total. The van der Waals surface area contributed by atoms with E-state index in [2.05, 4.69) is 15.1 Å². The summed E-state index contributed by atoms with van der Waals surface area (Å²) in [5.41, 5.74) is 7.16. The Morgan fingerprint density at radius 2 is 2.19 bits per heavy atom. The zero-order valence-electron chi connectivity index (χ0n) is 9.00. The summed E-state index contributed by atoms with van der Waals surface area (Å²) in [6.07, 6.45) is 1.58. The minimum absolute atomic E-state index is 0.345. The zero-order valence-corrected chi connectivity index (χ0v) is 9.00. The molecule has 2 N–H and O–H groups in total. The van der Waals surface area contributed by atoms with Gasteiger partial charge >= 0.3 is 6.01 Å². The first-order valence-corrected chi connectivity index (χ1v) is 4.91. The fourth-order valence-electron chi connectivity index (χ4n) is 1.25. The Kier molecular flexibility index (Phi) is 3.11. The summed E-state index contributed by atoms with van der Waals surface area (Å²) < 4.78 is 6.95. The highest BCUT2D eigenvalue weighted by Gasteiger charge is 2.01. The van der Waals surface area contributed by atoms with E-state index in [-0.39, 0.29) is 0 Å². The molecule has 0 saturated carbocycles. The molecule has 0 radical (unpaired) electrons. The van der Waals surface area contributed by atoms with Crippen molar-refractivity contribution in [2.75, 3.05) is 0 Å². The van der Waals surface area contributed by atoms with Gasteiger partial charge < -0.3 is 10.5 Å². The van der Waals surface area contributed by atoms with Gasteiger partial charge in [0.25, 0.3) is 0 Å². The summed E-state index contributed by atoms with van der Waals surface area (Å²) in [7, 11) is 1.78. The highest BCUT2D eigenvalue weighted by Crippen LogP contribution is 2.04. The van der Waals surface area contributed by atoms with Crippen molar-refractivity contribution in [1.29, 1.82) is 0 Å². The number of aromatic nitrogens is 4. The van der Waals surface area contributed by atoms with Crippen LogP contribution < -0.4 is 10.5 Å². The van der Waals surface area contributed by atoms with Crippen LogP contribution in [0.3, 0.4) is 0 Å². The molecule has 0 aliphatic heterocycles. The molecule has 0 atom stereocenters. The van der Waals surface area contributed by atoms with E-state index in [9.17, 15) is 0 Å². The largest absolute Gasteiger partial charge is 0.456 e. The standard InChI is InChI=1S/C10H13N5O/c1-15-7-12-10(14-15)16-6-9-4-2-3-8(5-11)13-9/h2-4,7H,5-6,11H2,1H3. The van der Waals surface area contributed by atoms with Crippen LogP contribution in [0.2, 0.25) is 0 Å². The third-order valence-electron chi connectivity index (χ3n) is 2.00. The molecule has 0 unspecified atom stereocenters. The van der Waals surface area contributed by atoms with Gasteiger partial charge in [-0.25, -0.2) is 0 Å². The van der Waals surface area contributed by atoms with Crippen LogP contribution >= 0.6 is 0 Å². The second-order valence-corrected chi connectivity index (χ2v) is 3.31. The number of nitrogens with zero attached hydrogens (tertiary/aromatic N) is 4. The predicted octanol–water partition coefficient (Wildman–Crippen LogP) is 0.248. The number of ether oxygens (including phenoxy) is 1. The first kappa shape index (κ1) is 10.6. The Hall–Kier alpha value is -1.95. The molecule has 0 aromatic carbocycles. The van der Waals surface area contributed by atoms with Crippen LogP contribution in [0.4, 0.5) is 0 Å². The molecule has 2 heterocycles. The maximum atomic E-state index is 5.50. The summed E-state index contributed by atoms with van der Waals surface area (Å²) in [4.78, 5) is 8.25. The van der Waals surface area contributed by atoms with E-state index in [0.29, 0.717) is 19.2 Å². The van der Waals surface area contributed by atoms with Gasteiger partial charge in [0.05, 0.1) is 11.4 Å².